The highest BCUT2D eigenvalue weighted by Gasteiger charge is 2.43. The number of ether oxygens (including phenoxy) is 1. The van der Waals surface area contributed by atoms with E-state index >= 15 is 0 Å². The number of hydrogen-bond donors (Lipinski definition) is 6. The number of pyridine rings is 1. The van der Waals surface area contributed by atoms with Crippen molar-refractivity contribution in [2.45, 2.75) is 44.5 Å². The van der Waals surface area contributed by atoms with Crippen molar-refractivity contribution in [2.75, 3.05) is 11.9 Å². The van der Waals surface area contributed by atoms with E-state index in [1.165, 1.54) is 0 Å². The number of fused-ring (bicyclic) bond motifs is 1. The van der Waals surface area contributed by atoms with Gasteiger partial charge < -0.3 is 35.5 Å². The van der Waals surface area contributed by atoms with Gasteiger partial charge in [0.15, 0.2) is 6.29 Å². The molecule has 8 heteroatoms. The van der Waals surface area contributed by atoms with Crippen LogP contribution in [0.3, 0.4) is 0 Å². The Morgan fingerprint density at radius 2 is 1.88 bits per heavy atom. The standard InChI is InChI=1S/C17H22N2O6/c1-7-8(2)16(23)19-11-5-9(3-4-10(7)11)18-13-15(22)14(21)12(6-20)25-17(13)24/h3-5,12-15,17-18,20-22,24H,6H2,1-2H3,(H,19,23)/t12?,13-,14+,15?,17?/m0/s1. The van der Waals surface area contributed by atoms with Crippen LogP contribution in [0, 0.1) is 13.8 Å². The summed E-state index contributed by atoms with van der Waals surface area (Å²) in [5.41, 5.74) is 2.51. The summed E-state index contributed by atoms with van der Waals surface area (Å²) >= 11 is 0. The molecule has 1 aliphatic heterocycles. The van der Waals surface area contributed by atoms with Crippen molar-refractivity contribution in [3.05, 3.63) is 39.7 Å². The summed E-state index contributed by atoms with van der Waals surface area (Å²) in [6.45, 7) is 3.11. The zero-order chi connectivity index (χ0) is 18.3. The highest BCUT2D eigenvalue weighted by molar-refractivity contribution is 5.85. The molecule has 0 aliphatic carbocycles. The summed E-state index contributed by atoms with van der Waals surface area (Å²) in [4.78, 5) is 14.7. The van der Waals surface area contributed by atoms with Crippen LogP contribution in [0.15, 0.2) is 23.0 Å². The number of aryl methyl sites for hydroxylation is 1. The molecule has 8 nitrogen and oxygen atoms in total. The zero-order valence-electron chi connectivity index (χ0n) is 13.9. The molecule has 0 bridgehead atoms. The van der Waals surface area contributed by atoms with Gasteiger partial charge in [-0.05, 0) is 31.5 Å². The summed E-state index contributed by atoms with van der Waals surface area (Å²) in [6, 6.07) is 4.27. The maximum Gasteiger partial charge on any atom is 0.251 e. The van der Waals surface area contributed by atoms with Gasteiger partial charge in [0.05, 0.1) is 12.1 Å². The van der Waals surface area contributed by atoms with Crippen molar-refractivity contribution in [1.29, 1.82) is 0 Å². The Kier molecular flexibility index (Phi) is 4.81. The summed E-state index contributed by atoms with van der Waals surface area (Å²) in [5.74, 6) is 0. The molecule has 0 spiro atoms. The van der Waals surface area contributed by atoms with E-state index in [0.29, 0.717) is 16.8 Å². The molecule has 136 valence electrons. The van der Waals surface area contributed by atoms with Gasteiger partial charge in [-0.1, -0.05) is 6.07 Å². The lowest BCUT2D eigenvalue weighted by Crippen LogP contribution is -2.61. The van der Waals surface area contributed by atoms with Crippen LogP contribution in [0.1, 0.15) is 11.1 Å². The molecule has 3 rings (SSSR count). The SMILES string of the molecule is Cc1c(C)c2ccc(N[C@@H]3C(O)OC(CO)[C@@H](O)C3O)cc2[nH]c1=O. The molecule has 1 aliphatic rings. The normalized spacial score (nSPS) is 29.8. The van der Waals surface area contributed by atoms with Crippen LogP contribution < -0.4 is 10.9 Å². The molecule has 2 aromatic rings. The first-order valence-corrected chi connectivity index (χ1v) is 8.03. The predicted octanol–water partition coefficient (Wildman–Crippen LogP) is -0.643. The van der Waals surface area contributed by atoms with Crippen molar-refractivity contribution < 1.29 is 25.2 Å². The van der Waals surface area contributed by atoms with Gasteiger partial charge in [-0.2, -0.15) is 0 Å². The largest absolute Gasteiger partial charge is 0.394 e. The van der Waals surface area contributed by atoms with E-state index in [4.69, 9.17) is 9.84 Å². The van der Waals surface area contributed by atoms with Crippen LogP contribution in [0.25, 0.3) is 10.9 Å². The van der Waals surface area contributed by atoms with Gasteiger partial charge in [-0.3, -0.25) is 4.79 Å². The van der Waals surface area contributed by atoms with Crippen LogP contribution in [-0.4, -0.2) is 62.7 Å². The van der Waals surface area contributed by atoms with Crippen molar-refractivity contribution in [2.24, 2.45) is 0 Å². The number of nitrogens with one attached hydrogen (secondary N) is 2. The topological polar surface area (TPSA) is 135 Å². The number of benzene rings is 1. The Morgan fingerprint density at radius 3 is 2.56 bits per heavy atom. The minimum atomic E-state index is -1.41. The Hall–Kier alpha value is -1.97. The molecular formula is C17H22N2O6. The molecule has 1 saturated heterocycles. The lowest BCUT2D eigenvalue weighted by Gasteiger charge is -2.40. The second-order valence-electron chi connectivity index (χ2n) is 6.36. The minimum Gasteiger partial charge on any atom is -0.394 e. The summed E-state index contributed by atoms with van der Waals surface area (Å²) < 4.78 is 5.12. The Labute approximate surface area is 143 Å². The van der Waals surface area contributed by atoms with Crippen LogP contribution in [0.5, 0.6) is 0 Å². The lowest BCUT2D eigenvalue weighted by molar-refractivity contribution is -0.245. The third-order valence-electron chi connectivity index (χ3n) is 4.81. The van der Waals surface area contributed by atoms with Gasteiger partial charge in [0.2, 0.25) is 0 Å². The van der Waals surface area contributed by atoms with Crippen molar-refractivity contribution in [3.63, 3.8) is 0 Å². The Balaban J connectivity index is 1.90. The zero-order valence-corrected chi connectivity index (χ0v) is 13.9. The maximum absolute atomic E-state index is 11.9. The van der Waals surface area contributed by atoms with E-state index in [2.05, 4.69) is 10.3 Å². The van der Waals surface area contributed by atoms with Crippen LogP contribution >= 0.6 is 0 Å². The number of aliphatic hydroxyl groups is 4. The number of rotatable bonds is 3. The smallest absolute Gasteiger partial charge is 0.251 e. The van der Waals surface area contributed by atoms with Crippen molar-refractivity contribution >= 4 is 16.6 Å². The monoisotopic (exact) mass is 350 g/mol. The van der Waals surface area contributed by atoms with E-state index in [-0.39, 0.29) is 5.56 Å². The number of aromatic amines is 1. The van der Waals surface area contributed by atoms with Gasteiger partial charge in [-0.25, -0.2) is 0 Å². The quantitative estimate of drug-likeness (QED) is 0.433. The Morgan fingerprint density at radius 1 is 1.16 bits per heavy atom. The first-order chi connectivity index (χ1) is 11.8. The summed E-state index contributed by atoms with van der Waals surface area (Å²) in [5, 5.41) is 43.1. The molecule has 0 radical (unpaired) electrons. The Bertz CT molecular complexity index is 836. The van der Waals surface area contributed by atoms with Gasteiger partial charge in [-0.15, -0.1) is 0 Å². The number of aromatic nitrogens is 1. The molecule has 6 N–H and O–H groups in total. The summed E-state index contributed by atoms with van der Waals surface area (Å²) in [7, 11) is 0. The van der Waals surface area contributed by atoms with Crippen molar-refractivity contribution in [1.82, 2.24) is 4.98 Å². The van der Waals surface area contributed by atoms with Crippen LogP contribution in [-0.2, 0) is 4.74 Å². The fourth-order valence-electron chi connectivity index (χ4n) is 3.10. The highest BCUT2D eigenvalue weighted by Crippen LogP contribution is 2.25. The second kappa shape index (κ2) is 6.74. The van der Waals surface area contributed by atoms with Gasteiger partial charge >= 0.3 is 0 Å². The first-order valence-electron chi connectivity index (χ1n) is 8.03. The number of aliphatic hydroxyl groups excluding tert-OH is 4. The van der Waals surface area contributed by atoms with Crippen molar-refractivity contribution in [3.8, 4) is 0 Å². The molecule has 0 amide bonds. The van der Waals surface area contributed by atoms with E-state index in [1.807, 2.05) is 13.0 Å². The molecule has 25 heavy (non-hydrogen) atoms. The minimum absolute atomic E-state index is 0.176. The maximum atomic E-state index is 11.9. The van der Waals surface area contributed by atoms with Crippen LogP contribution in [0.4, 0.5) is 5.69 Å². The number of anilines is 1. The summed E-state index contributed by atoms with van der Waals surface area (Å²) in [6.07, 6.45) is -5.14. The molecule has 3 unspecified atom stereocenters. The second-order valence-corrected chi connectivity index (χ2v) is 6.36. The first kappa shape index (κ1) is 17.8. The number of hydrogen-bond acceptors (Lipinski definition) is 7. The van der Waals surface area contributed by atoms with Crippen LogP contribution in [0.2, 0.25) is 0 Å². The fourth-order valence-corrected chi connectivity index (χ4v) is 3.10. The van der Waals surface area contributed by atoms with Gasteiger partial charge in [0, 0.05) is 16.6 Å². The molecule has 1 aromatic carbocycles. The molecule has 5 atom stereocenters. The molecule has 0 saturated carbocycles. The van der Waals surface area contributed by atoms with Gasteiger partial charge in [0.1, 0.15) is 24.4 Å². The van der Waals surface area contributed by atoms with E-state index < -0.39 is 37.3 Å². The average Bonchev–Trinajstić information content (AvgIpc) is 2.59. The van der Waals surface area contributed by atoms with E-state index in [0.717, 1.165) is 10.9 Å². The lowest BCUT2D eigenvalue weighted by atomic mass is 9.96. The average molecular weight is 350 g/mol. The fraction of sp³-hybridized carbons (Fsp3) is 0.471. The van der Waals surface area contributed by atoms with E-state index in [1.54, 1.807) is 19.1 Å². The van der Waals surface area contributed by atoms with Gasteiger partial charge in [0.25, 0.3) is 5.56 Å². The molecular weight excluding hydrogens is 328 g/mol. The molecule has 1 fully saturated rings. The highest BCUT2D eigenvalue weighted by atomic mass is 16.6. The predicted molar refractivity (Wildman–Crippen MR) is 91.4 cm³/mol. The molecule has 2 heterocycles. The van der Waals surface area contributed by atoms with E-state index in [9.17, 15) is 20.1 Å². The third-order valence-corrected chi connectivity index (χ3v) is 4.81. The third kappa shape index (κ3) is 3.14. The number of H-pyrrole nitrogens is 1. The molecule has 1 aromatic heterocycles.